The van der Waals surface area contributed by atoms with Crippen LogP contribution in [0.1, 0.15) is 37.2 Å². The van der Waals surface area contributed by atoms with Gasteiger partial charge in [0.05, 0.1) is 5.69 Å². The average molecular weight is 238 g/mol. The second-order valence-electron chi connectivity index (χ2n) is 3.53. The van der Waals surface area contributed by atoms with Crippen molar-refractivity contribution >= 4 is 24.8 Å². The van der Waals surface area contributed by atoms with Gasteiger partial charge in [0.1, 0.15) is 0 Å². The van der Waals surface area contributed by atoms with Gasteiger partial charge in [-0.2, -0.15) is 5.10 Å². The van der Waals surface area contributed by atoms with Gasteiger partial charge in [-0.15, -0.1) is 24.8 Å². The van der Waals surface area contributed by atoms with Crippen LogP contribution in [0.4, 0.5) is 0 Å². The van der Waals surface area contributed by atoms with Crippen LogP contribution in [0.2, 0.25) is 0 Å². The van der Waals surface area contributed by atoms with E-state index in [1.165, 1.54) is 25.0 Å². The third-order valence-corrected chi connectivity index (χ3v) is 2.40. The fraction of sp³-hybridized carbons (Fsp3) is 0.667. The number of hydrogen-bond donors (Lipinski definition) is 1. The number of nitrogens with two attached hydrogens (primary N) is 1. The predicted molar refractivity (Wildman–Crippen MR) is 62.3 cm³/mol. The molecule has 14 heavy (non-hydrogen) atoms. The summed E-state index contributed by atoms with van der Waals surface area (Å²) in [5.41, 5.74) is 8.14. The van der Waals surface area contributed by atoms with Crippen LogP contribution in [-0.2, 0) is 13.0 Å². The minimum atomic E-state index is 0. The van der Waals surface area contributed by atoms with Gasteiger partial charge < -0.3 is 5.73 Å². The molecule has 2 N–H and O–H groups in total. The molecule has 1 aliphatic heterocycles. The van der Waals surface area contributed by atoms with Crippen molar-refractivity contribution in [3.05, 3.63) is 17.5 Å². The van der Waals surface area contributed by atoms with Crippen molar-refractivity contribution in [1.82, 2.24) is 9.78 Å². The molecule has 1 aliphatic rings. The van der Waals surface area contributed by atoms with Crippen LogP contribution in [0.25, 0.3) is 0 Å². The lowest BCUT2D eigenvalue weighted by atomic mass is 10.1. The highest BCUT2D eigenvalue weighted by atomic mass is 35.5. The summed E-state index contributed by atoms with van der Waals surface area (Å²) in [6.07, 6.45) is 3.72. The Morgan fingerprint density at radius 2 is 2.14 bits per heavy atom. The van der Waals surface area contributed by atoms with Gasteiger partial charge in [0, 0.05) is 18.3 Å². The van der Waals surface area contributed by atoms with Gasteiger partial charge in [0.15, 0.2) is 0 Å². The fourth-order valence-corrected chi connectivity index (χ4v) is 1.66. The Hall–Kier alpha value is -0.250. The lowest BCUT2D eigenvalue weighted by Crippen LogP contribution is -2.11. The molecule has 1 unspecified atom stereocenters. The van der Waals surface area contributed by atoms with E-state index >= 15 is 0 Å². The summed E-state index contributed by atoms with van der Waals surface area (Å²) in [4.78, 5) is 0. The van der Waals surface area contributed by atoms with Crippen LogP contribution in [-0.4, -0.2) is 9.78 Å². The minimum Gasteiger partial charge on any atom is -0.323 e. The van der Waals surface area contributed by atoms with E-state index in [0.29, 0.717) is 0 Å². The van der Waals surface area contributed by atoms with E-state index < -0.39 is 0 Å². The molecular weight excluding hydrogens is 221 g/mol. The third kappa shape index (κ3) is 2.62. The molecule has 0 aromatic carbocycles. The fourth-order valence-electron chi connectivity index (χ4n) is 1.66. The van der Waals surface area contributed by atoms with E-state index in [1.807, 2.05) is 6.92 Å². The SMILES string of the molecule is CC(N)c1cc2n(n1)CCCC2.Cl.Cl. The summed E-state index contributed by atoms with van der Waals surface area (Å²) in [5, 5.41) is 4.44. The zero-order valence-corrected chi connectivity index (χ0v) is 9.90. The third-order valence-electron chi connectivity index (χ3n) is 2.40. The predicted octanol–water partition coefficient (Wildman–Crippen LogP) is 2.08. The lowest BCUT2D eigenvalue weighted by Gasteiger charge is -2.11. The number of nitrogens with zero attached hydrogens (tertiary/aromatic N) is 2. The Balaban J connectivity index is 0.000000845. The van der Waals surface area contributed by atoms with Gasteiger partial charge in [0.2, 0.25) is 0 Å². The van der Waals surface area contributed by atoms with Gasteiger partial charge in [-0.3, -0.25) is 4.68 Å². The zero-order valence-electron chi connectivity index (χ0n) is 8.27. The number of fused-ring (bicyclic) bond motifs is 1. The molecule has 1 atom stereocenters. The molecule has 5 heteroatoms. The molecule has 2 heterocycles. The summed E-state index contributed by atoms with van der Waals surface area (Å²) in [6, 6.07) is 2.22. The van der Waals surface area contributed by atoms with Crippen molar-refractivity contribution in [3.8, 4) is 0 Å². The van der Waals surface area contributed by atoms with Crippen molar-refractivity contribution < 1.29 is 0 Å². The number of hydrogen-bond acceptors (Lipinski definition) is 2. The maximum atomic E-state index is 5.75. The quantitative estimate of drug-likeness (QED) is 0.814. The maximum absolute atomic E-state index is 5.75. The average Bonchev–Trinajstić information content (AvgIpc) is 2.46. The van der Waals surface area contributed by atoms with Gasteiger partial charge in [-0.05, 0) is 32.3 Å². The molecule has 0 bridgehead atoms. The van der Waals surface area contributed by atoms with Crippen molar-refractivity contribution in [2.75, 3.05) is 0 Å². The highest BCUT2D eigenvalue weighted by Crippen LogP contribution is 2.17. The van der Waals surface area contributed by atoms with Gasteiger partial charge in [-0.1, -0.05) is 0 Å². The minimum absolute atomic E-state index is 0. The molecule has 2 rings (SSSR count). The van der Waals surface area contributed by atoms with Gasteiger partial charge >= 0.3 is 0 Å². The Morgan fingerprint density at radius 3 is 2.71 bits per heavy atom. The molecule has 0 saturated carbocycles. The normalized spacial score (nSPS) is 16.1. The maximum Gasteiger partial charge on any atom is 0.0791 e. The highest BCUT2D eigenvalue weighted by Gasteiger charge is 2.13. The number of aromatic nitrogens is 2. The smallest absolute Gasteiger partial charge is 0.0791 e. The van der Waals surface area contributed by atoms with Crippen LogP contribution in [0.15, 0.2) is 6.07 Å². The summed E-state index contributed by atoms with van der Waals surface area (Å²) >= 11 is 0. The molecule has 1 aromatic heterocycles. The Labute approximate surface area is 96.9 Å². The van der Waals surface area contributed by atoms with Crippen molar-refractivity contribution in [1.29, 1.82) is 0 Å². The molecule has 0 saturated heterocycles. The van der Waals surface area contributed by atoms with E-state index in [-0.39, 0.29) is 30.9 Å². The van der Waals surface area contributed by atoms with Crippen molar-refractivity contribution in [2.45, 2.75) is 38.8 Å². The largest absolute Gasteiger partial charge is 0.323 e. The second-order valence-corrected chi connectivity index (χ2v) is 3.53. The van der Waals surface area contributed by atoms with Crippen LogP contribution < -0.4 is 5.73 Å². The van der Waals surface area contributed by atoms with Crippen LogP contribution in [0.3, 0.4) is 0 Å². The highest BCUT2D eigenvalue weighted by molar-refractivity contribution is 5.85. The molecule has 0 spiro atoms. The first-order valence-corrected chi connectivity index (χ1v) is 4.59. The lowest BCUT2D eigenvalue weighted by molar-refractivity contribution is 0.481. The molecular formula is C9H17Cl2N3. The van der Waals surface area contributed by atoms with E-state index in [0.717, 1.165) is 12.2 Å². The Bertz CT molecular complexity index is 260. The number of aryl methyl sites for hydroxylation is 2. The van der Waals surface area contributed by atoms with Gasteiger partial charge in [0.25, 0.3) is 0 Å². The summed E-state index contributed by atoms with van der Waals surface area (Å²) in [7, 11) is 0. The summed E-state index contributed by atoms with van der Waals surface area (Å²) in [5.74, 6) is 0. The first-order chi connectivity index (χ1) is 5.77. The van der Waals surface area contributed by atoms with E-state index in [4.69, 9.17) is 5.73 Å². The van der Waals surface area contributed by atoms with E-state index in [2.05, 4.69) is 15.8 Å². The van der Waals surface area contributed by atoms with Gasteiger partial charge in [-0.25, -0.2) is 0 Å². The molecule has 1 aromatic rings. The van der Waals surface area contributed by atoms with Crippen molar-refractivity contribution in [3.63, 3.8) is 0 Å². The van der Waals surface area contributed by atoms with Crippen molar-refractivity contribution in [2.24, 2.45) is 5.73 Å². The Kier molecular flexibility index (Phi) is 5.49. The zero-order chi connectivity index (χ0) is 8.55. The van der Waals surface area contributed by atoms with Crippen LogP contribution in [0, 0.1) is 0 Å². The number of halogens is 2. The van der Waals surface area contributed by atoms with Crippen LogP contribution in [0.5, 0.6) is 0 Å². The summed E-state index contributed by atoms with van der Waals surface area (Å²) in [6.45, 7) is 3.05. The molecule has 0 radical (unpaired) electrons. The summed E-state index contributed by atoms with van der Waals surface area (Å²) < 4.78 is 2.10. The van der Waals surface area contributed by atoms with Crippen LogP contribution >= 0.6 is 24.8 Å². The second kappa shape index (κ2) is 5.59. The standard InChI is InChI=1S/C9H15N3.2ClH/c1-7(10)9-6-8-4-2-3-5-12(8)11-9;;/h6-7H,2-5,10H2,1H3;2*1H. The molecule has 82 valence electrons. The molecule has 3 nitrogen and oxygen atoms in total. The first kappa shape index (κ1) is 13.8. The monoisotopic (exact) mass is 237 g/mol. The first-order valence-electron chi connectivity index (χ1n) is 4.59. The topological polar surface area (TPSA) is 43.8 Å². The molecule has 0 aliphatic carbocycles. The molecule has 0 fully saturated rings. The Morgan fingerprint density at radius 1 is 1.43 bits per heavy atom. The van der Waals surface area contributed by atoms with E-state index in [1.54, 1.807) is 0 Å². The molecule has 0 amide bonds. The van der Waals surface area contributed by atoms with E-state index in [9.17, 15) is 0 Å². The number of rotatable bonds is 1.